The molecule has 1 aromatic carbocycles. The summed E-state index contributed by atoms with van der Waals surface area (Å²) in [7, 11) is 5.28. The van der Waals surface area contributed by atoms with Gasteiger partial charge in [0.25, 0.3) is 5.91 Å². The number of carbonyl (C=O) groups is 1. The van der Waals surface area contributed by atoms with Crippen LogP contribution in [0.4, 0.5) is 5.95 Å². The summed E-state index contributed by atoms with van der Waals surface area (Å²) in [6.07, 6.45) is 0. The van der Waals surface area contributed by atoms with E-state index in [4.69, 9.17) is 9.37 Å². The Balaban J connectivity index is 1.77. The first-order chi connectivity index (χ1) is 13.9. The zero-order valence-corrected chi connectivity index (χ0v) is 17.1. The SMILES string of the molecule is COc1ccc(-c2nonc2CNC(=O)c2cc(C(C)C)nc(N(C)C)n2)cc1. The molecule has 0 unspecified atom stereocenters. The van der Waals surface area contributed by atoms with Crippen LogP contribution in [0.5, 0.6) is 5.75 Å². The van der Waals surface area contributed by atoms with Crippen molar-refractivity contribution in [1.29, 1.82) is 0 Å². The Kier molecular flexibility index (Phi) is 6.06. The molecule has 0 aliphatic heterocycles. The van der Waals surface area contributed by atoms with Gasteiger partial charge in [0, 0.05) is 25.4 Å². The molecule has 152 valence electrons. The van der Waals surface area contributed by atoms with Crippen molar-refractivity contribution in [2.45, 2.75) is 26.3 Å². The molecular weight excluding hydrogens is 372 g/mol. The van der Waals surface area contributed by atoms with Gasteiger partial charge in [-0.1, -0.05) is 19.0 Å². The Labute approximate surface area is 169 Å². The first-order valence-electron chi connectivity index (χ1n) is 9.19. The minimum absolute atomic E-state index is 0.155. The van der Waals surface area contributed by atoms with Gasteiger partial charge in [-0.3, -0.25) is 4.79 Å². The fourth-order valence-corrected chi connectivity index (χ4v) is 2.61. The van der Waals surface area contributed by atoms with E-state index in [9.17, 15) is 4.79 Å². The average Bonchev–Trinajstić information content (AvgIpc) is 3.20. The number of carbonyl (C=O) groups excluding carboxylic acids is 1. The number of hydrogen-bond donors (Lipinski definition) is 1. The van der Waals surface area contributed by atoms with Crippen molar-refractivity contribution in [3.63, 3.8) is 0 Å². The molecule has 0 atom stereocenters. The van der Waals surface area contributed by atoms with E-state index < -0.39 is 0 Å². The van der Waals surface area contributed by atoms with Crippen LogP contribution < -0.4 is 15.0 Å². The first kappa shape index (κ1) is 20.2. The van der Waals surface area contributed by atoms with Crippen LogP contribution in [0.15, 0.2) is 35.0 Å². The number of benzene rings is 1. The predicted molar refractivity (Wildman–Crippen MR) is 108 cm³/mol. The number of rotatable bonds is 7. The Bertz CT molecular complexity index is 956. The van der Waals surface area contributed by atoms with Crippen LogP contribution in [0, 0.1) is 0 Å². The summed E-state index contributed by atoms with van der Waals surface area (Å²) in [5.41, 5.74) is 3.00. The zero-order valence-electron chi connectivity index (χ0n) is 17.1. The van der Waals surface area contributed by atoms with Crippen LogP contribution in [0.3, 0.4) is 0 Å². The summed E-state index contributed by atoms with van der Waals surface area (Å²) >= 11 is 0. The molecule has 9 nitrogen and oxygen atoms in total. The molecule has 2 heterocycles. The molecule has 29 heavy (non-hydrogen) atoms. The fraction of sp³-hybridized carbons (Fsp3) is 0.350. The van der Waals surface area contributed by atoms with Crippen molar-refractivity contribution in [3.05, 3.63) is 47.4 Å². The second-order valence-corrected chi connectivity index (χ2v) is 7.00. The van der Waals surface area contributed by atoms with Crippen LogP contribution in [0.1, 0.15) is 41.6 Å². The van der Waals surface area contributed by atoms with Gasteiger partial charge in [-0.25, -0.2) is 14.6 Å². The van der Waals surface area contributed by atoms with E-state index >= 15 is 0 Å². The van der Waals surface area contributed by atoms with Gasteiger partial charge in [0.1, 0.15) is 22.8 Å². The summed E-state index contributed by atoms with van der Waals surface area (Å²) in [5.74, 6) is 1.08. The molecular formula is C20H24N6O3. The lowest BCUT2D eigenvalue weighted by atomic mass is 10.1. The van der Waals surface area contributed by atoms with Gasteiger partial charge in [-0.05, 0) is 41.4 Å². The van der Waals surface area contributed by atoms with E-state index in [0.717, 1.165) is 17.0 Å². The topological polar surface area (TPSA) is 106 Å². The Hall–Kier alpha value is -3.49. The summed E-state index contributed by atoms with van der Waals surface area (Å²) in [6.45, 7) is 4.19. The number of aromatic nitrogens is 4. The maximum atomic E-state index is 12.7. The van der Waals surface area contributed by atoms with Crippen LogP contribution in [-0.4, -0.2) is 47.4 Å². The number of ether oxygens (including phenoxy) is 1. The number of anilines is 1. The van der Waals surface area contributed by atoms with Crippen LogP contribution in [0.2, 0.25) is 0 Å². The molecule has 0 saturated heterocycles. The summed E-state index contributed by atoms with van der Waals surface area (Å²) in [5, 5.41) is 10.7. The van der Waals surface area contributed by atoms with Gasteiger partial charge in [0.05, 0.1) is 13.7 Å². The Morgan fingerprint density at radius 3 is 2.52 bits per heavy atom. The highest BCUT2D eigenvalue weighted by Crippen LogP contribution is 2.23. The molecule has 3 aromatic rings. The van der Waals surface area contributed by atoms with Crippen molar-refractivity contribution in [2.75, 3.05) is 26.1 Å². The lowest BCUT2D eigenvalue weighted by molar-refractivity contribution is 0.0945. The van der Waals surface area contributed by atoms with E-state index in [2.05, 4.69) is 25.6 Å². The lowest BCUT2D eigenvalue weighted by Crippen LogP contribution is -2.26. The quantitative estimate of drug-likeness (QED) is 0.650. The van der Waals surface area contributed by atoms with Crippen molar-refractivity contribution >= 4 is 11.9 Å². The average molecular weight is 396 g/mol. The zero-order chi connectivity index (χ0) is 21.0. The molecule has 1 amide bonds. The van der Waals surface area contributed by atoms with Gasteiger partial charge in [-0.2, -0.15) is 0 Å². The Morgan fingerprint density at radius 2 is 1.90 bits per heavy atom. The van der Waals surface area contributed by atoms with Crippen molar-refractivity contribution < 1.29 is 14.2 Å². The molecule has 0 saturated carbocycles. The third kappa shape index (κ3) is 4.68. The van der Waals surface area contributed by atoms with Crippen LogP contribution in [-0.2, 0) is 6.54 Å². The molecule has 2 aromatic heterocycles. The van der Waals surface area contributed by atoms with Gasteiger partial charge in [-0.15, -0.1) is 0 Å². The summed E-state index contributed by atoms with van der Waals surface area (Å²) in [6, 6.07) is 9.06. The maximum absolute atomic E-state index is 12.7. The molecule has 0 aliphatic rings. The van der Waals surface area contributed by atoms with E-state index in [-0.39, 0.29) is 18.4 Å². The number of nitrogens with zero attached hydrogens (tertiary/aromatic N) is 5. The van der Waals surface area contributed by atoms with E-state index in [1.54, 1.807) is 18.1 Å². The summed E-state index contributed by atoms with van der Waals surface area (Å²) < 4.78 is 10.0. The second kappa shape index (κ2) is 8.68. The van der Waals surface area contributed by atoms with Gasteiger partial charge < -0.3 is 15.0 Å². The van der Waals surface area contributed by atoms with Crippen molar-refractivity contribution in [1.82, 2.24) is 25.6 Å². The minimum Gasteiger partial charge on any atom is -0.497 e. The van der Waals surface area contributed by atoms with Crippen LogP contribution in [0.25, 0.3) is 11.3 Å². The van der Waals surface area contributed by atoms with Gasteiger partial charge >= 0.3 is 0 Å². The Morgan fingerprint density at radius 1 is 1.17 bits per heavy atom. The third-order valence-electron chi connectivity index (χ3n) is 4.29. The van der Waals surface area contributed by atoms with Crippen molar-refractivity contribution in [2.24, 2.45) is 0 Å². The number of amides is 1. The molecule has 0 aliphatic carbocycles. The molecule has 1 N–H and O–H groups in total. The highest BCUT2D eigenvalue weighted by Gasteiger charge is 2.17. The highest BCUT2D eigenvalue weighted by atomic mass is 16.6. The predicted octanol–water partition coefficient (Wildman–Crippen LogP) is 2.65. The van der Waals surface area contributed by atoms with Gasteiger partial charge in [0.2, 0.25) is 5.95 Å². The lowest BCUT2D eigenvalue weighted by Gasteiger charge is -2.14. The van der Waals surface area contributed by atoms with E-state index in [0.29, 0.717) is 23.0 Å². The van der Waals surface area contributed by atoms with Crippen molar-refractivity contribution in [3.8, 4) is 17.0 Å². The van der Waals surface area contributed by atoms with E-state index in [1.165, 1.54) is 0 Å². The van der Waals surface area contributed by atoms with E-state index in [1.807, 2.05) is 52.2 Å². The summed E-state index contributed by atoms with van der Waals surface area (Å²) in [4.78, 5) is 23.3. The molecule has 0 fully saturated rings. The maximum Gasteiger partial charge on any atom is 0.270 e. The monoisotopic (exact) mass is 396 g/mol. The standard InChI is InChI=1S/C20H24N6O3/c1-12(2)15-10-16(23-20(22-15)26(3)4)19(27)21-11-17-18(25-29-24-17)13-6-8-14(28-5)9-7-13/h6-10,12H,11H2,1-5H3,(H,21,27). The number of hydrogen-bond acceptors (Lipinski definition) is 8. The normalized spacial score (nSPS) is 10.8. The first-order valence-corrected chi connectivity index (χ1v) is 9.19. The molecule has 9 heteroatoms. The smallest absolute Gasteiger partial charge is 0.270 e. The van der Waals surface area contributed by atoms with Gasteiger partial charge in [0.15, 0.2) is 0 Å². The van der Waals surface area contributed by atoms with Crippen LogP contribution >= 0.6 is 0 Å². The highest BCUT2D eigenvalue weighted by molar-refractivity contribution is 5.92. The molecule has 0 bridgehead atoms. The molecule has 0 spiro atoms. The largest absolute Gasteiger partial charge is 0.497 e. The minimum atomic E-state index is -0.318. The fourth-order valence-electron chi connectivity index (χ4n) is 2.61. The second-order valence-electron chi connectivity index (χ2n) is 7.00. The molecule has 3 rings (SSSR count). The third-order valence-corrected chi connectivity index (χ3v) is 4.29. The number of nitrogens with one attached hydrogen (secondary N) is 1. The molecule has 0 radical (unpaired) electrons. The number of methoxy groups -OCH3 is 1.